The number of halogens is 2. The summed E-state index contributed by atoms with van der Waals surface area (Å²) in [6.45, 7) is 0. The van der Waals surface area contributed by atoms with E-state index in [4.69, 9.17) is 5.11 Å². The zero-order chi connectivity index (χ0) is 13.8. The summed E-state index contributed by atoms with van der Waals surface area (Å²) in [6.07, 6.45) is 4.01. The second-order valence-electron chi connectivity index (χ2n) is 3.95. The van der Waals surface area contributed by atoms with Crippen molar-refractivity contribution in [1.82, 2.24) is 9.97 Å². The van der Waals surface area contributed by atoms with Crippen molar-refractivity contribution >= 4 is 5.97 Å². The summed E-state index contributed by atoms with van der Waals surface area (Å²) in [5.41, 5.74) is 0.748. The number of hydrogen-bond donors (Lipinski definition) is 1. The molecule has 6 heteroatoms. The fraction of sp³-hybridized carbons (Fsp3) is 0.154. The number of nitrogens with zero attached hydrogens (tertiary/aromatic N) is 2. The third-order valence-corrected chi connectivity index (χ3v) is 2.66. The lowest BCUT2D eigenvalue weighted by Gasteiger charge is -2.14. The summed E-state index contributed by atoms with van der Waals surface area (Å²) in [7, 11) is 0. The van der Waals surface area contributed by atoms with Gasteiger partial charge >= 0.3 is 5.97 Å². The van der Waals surface area contributed by atoms with Crippen LogP contribution in [0.25, 0.3) is 0 Å². The molecule has 4 nitrogen and oxygen atoms in total. The topological polar surface area (TPSA) is 63.1 Å². The smallest absolute Gasteiger partial charge is 0.304 e. The molecule has 2 aromatic rings. The molecule has 19 heavy (non-hydrogen) atoms. The van der Waals surface area contributed by atoms with Crippen LogP contribution in [0.2, 0.25) is 0 Å². The second kappa shape index (κ2) is 5.51. The van der Waals surface area contributed by atoms with Gasteiger partial charge in [0.15, 0.2) is 11.6 Å². The zero-order valence-corrected chi connectivity index (χ0v) is 9.75. The molecule has 0 spiro atoms. The lowest BCUT2D eigenvalue weighted by atomic mass is 9.92. The predicted octanol–water partition coefficient (Wildman–Crippen LogP) is 2.36. The first-order valence-corrected chi connectivity index (χ1v) is 5.50. The molecule has 2 rings (SSSR count). The van der Waals surface area contributed by atoms with Gasteiger partial charge in [0.25, 0.3) is 0 Å². The van der Waals surface area contributed by atoms with Gasteiger partial charge in [0, 0.05) is 24.5 Å². The number of carbonyl (C=O) groups is 1. The highest BCUT2D eigenvalue weighted by Gasteiger charge is 2.20. The van der Waals surface area contributed by atoms with E-state index in [2.05, 4.69) is 9.97 Å². The van der Waals surface area contributed by atoms with Gasteiger partial charge in [-0.25, -0.2) is 8.78 Å². The standard InChI is InChI=1S/C13H10F2N2O2/c14-10-2-1-8(5-11(10)15)9(6-13(18)19)12-7-16-3-4-17-12/h1-5,7,9H,6H2,(H,18,19). The molecule has 98 valence electrons. The highest BCUT2D eigenvalue weighted by Crippen LogP contribution is 2.27. The normalized spacial score (nSPS) is 12.1. The molecule has 1 heterocycles. The molecule has 0 saturated heterocycles. The van der Waals surface area contributed by atoms with Crippen LogP contribution in [-0.4, -0.2) is 21.0 Å². The number of hydrogen-bond acceptors (Lipinski definition) is 3. The van der Waals surface area contributed by atoms with Gasteiger partial charge in [0.1, 0.15) is 0 Å². The Hall–Kier alpha value is -2.37. The van der Waals surface area contributed by atoms with Crippen molar-refractivity contribution in [1.29, 1.82) is 0 Å². The van der Waals surface area contributed by atoms with Gasteiger partial charge in [0.2, 0.25) is 0 Å². The van der Waals surface area contributed by atoms with Crippen molar-refractivity contribution in [2.75, 3.05) is 0 Å². The van der Waals surface area contributed by atoms with E-state index < -0.39 is 23.5 Å². The first-order chi connectivity index (χ1) is 9.08. The van der Waals surface area contributed by atoms with E-state index in [-0.39, 0.29) is 6.42 Å². The minimum atomic E-state index is -1.06. The molecule has 0 aliphatic rings. The Morgan fingerprint density at radius 3 is 2.63 bits per heavy atom. The minimum absolute atomic E-state index is 0.274. The summed E-state index contributed by atoms with van der Waals surface area (Å²) in [5.74, 6) is -3.71. The molecular weight excluding hydrogens is 254 g/mol. The number of benzene rings is 1. The van der Waals surface area contributed by atoms with Crippen molar-refractivity contribution in [3.63, 3.8) is 0 Å². The number of rotatable bonds is 4. The largest absolute Gasteiger partial charge is 0.481 e. The Kier molecular flexibility index (Phi) is 3.79. The molecule has 0 saturated carbocycles. The van der Waals surface area contributed by atoms with E-state index in [9.17, 15) is 13.6 Å². The highest BCUT2D eigenvalue weighted by molar-refractivity contribution is 5.68. The molecular formula is C13H10F2N2O2. The van der Waals surface area contributed by atoms with Crippen molar-refractivity contribution in [3.8, 4) is 0 Å². The van der Waals surface area contributed by atoms with E-state index in [1.165, 1.54) is 24.7 Å². The van der Waals surface area contributed by atoms with E-state index in [0.29, 0.717) is 11.3 Å². The van der Waals surface area contributed by atoms with Crippen LogP contribution in [0.3, 0.4) is 0 Å². The summed E-state index contributed by atoms with van der Waals surface area (Å²) in [5, 5.41) is 8.91. The molecule has 0 radical (unpaired) electrons. The quantitative estimate of drug-likeness (QED) is 0.920. The Bertz CT molecular complexity index is 590. The van der Waals surface area contributed by atoms with E-state index in [1.807, 2.05) is 0 Å². The third-order valence-electron chi connectivity index (χ3n) is 2.66. The number of aliphatic carboxylic acids is 1. The second-order valence-corrected chi connectivity index (χ2v) is 3.95. The first-order valence-electron chi connectivity index (χ1n) is 5.50. The summed E-state index contributed by atoms with van der Waals surface area (Å²) < 4.78 is 26.1. The molecule has 1 unspecified atom stereocenters. The Balaban J connectivity index is 2.42. The average Bonchev–Trinajstić information content (AvgIpc) is 2.40. The highest BCUT2D eigenvalue weighted by atomic mass is 19.2. The number of carboxylic acid groups (broad SMARTS) is 1. The van der Waals surface area contributed by atoms with Crippen LogP contribution in [0.1, 0.15) is 23.6 Å². The van der Waals surface area contributed by atoms with Crippen molar-refractivity contribution in [2.24, 2.45) is 0 Å². The average molecular weight is 264 g/mol. The Morgan fingerprint density at radius 1 is 1.26 bits per heavy atom. The monoisotopic (exact) mass is 264 g/mol. The van der Waals surface area contributed by atoms with Crippen molar-refractivity contribution in [2.45, 2.75) is 12.3 Å². The minimum Gasteiger partial charge on any atom is -0.481 e. The van der Waals surface area contributed by atoms with Gasteiger partial charge < -0.3 is 5.11 Å². The molecule has 0 aliphatic carbocycles. The van der Waals surface area contributed by atoms with Gasteiger partial charge in [-0.1, -0.05) is 6.07 Å². The third kappa shape index (κ3) is 3.09. The molecule has 0 bridgehead atoms. The van der Waals surface area contributed by atoms with E-state index >= 15 is 0 Å². The van der Waals surface area contributed by atoms with Gasteiger partial charge in [0.05, 0.1) is 12.1 Å². The van der Waals surface area contributed by atoms with Crippen LogP contribution in [-0.2, 0) is 4.79 Å². The SMILES string of the molecule is O=C(O)CC(c1ccc(F)c(F)c1)c1cnccn1. The van der Waals surface area contributed by atoms with Gasteiger partial charge in [-0.2, -0.15) is 0 Å². The van der Waals surface area contributed by atoms with Crippen molar-refractivity contribution in [3.05, 3.63) is 59.7 Å². The molecule has 1 aromatic carbocycles. The van der Waals surface area contributed by atoms with Gasteiger partial charge in [-0.05, 0) is 17.7 Å². The summed E-state index contributed by atoms with van der Waals surface area (Å²) in [6, 6.07) is 3.30. The fourth-order valence-electron chi connectivity index (χ4n) is 1.79. The van der Waals surface area contributed by atoms with Crippen molar-refractivity contribution < 1.29 is 18.7 Å². The van der Waals surface area contributed by atoms with Crippen LogP contribution >= 0.6 is 0 Å². The molecule has 1 aromatic heterocycles. The van der Waals surface area contributed by atoms with E-state index in [1.54, 1.807) is 0 Å². The number of carboxylic acids is 1. The number of aromatic nitrogens is 2. The summed E-state index contributed by atoms with van der Waals surface area (Å²) >= 11 is 0. The Morgan fingerprint density at radius 2 is 2.05 bits per heavy atom. The van der Waals surface area contributed by atoms with Crippen LogP contribution < -0.4 is 0 Å². The fourth-order valence-corrected chi connectivity index (χ4v) is 1.79. The van der Waals surface area contributed by atoms with Crippen LogP contribution in [0.5, 0.6) is 0 Å². The maximum atomic E-state index is 13.2. The van der Waals surface area contributed by atoms with Gasteiger partial charge in [-0.3, -0.25) is 14.8 Å². The maximum absolute atomic E-state index is 13.2. The first kappa shape index (κ1) is 13.1. The van der Waals surface area contributed by atoms with Crippen LogP contribution in [0.4, 0.5) is 8.78 Å². The maximum Gasteiger partial charge on any atom is 0.304 e. The molecule has 0 amide bonds. The molecule has 0 aliphatic heterocycles. The molecule has 1 atom stereocenters. The van der Waals surface area contributed by atoms with Crippen LogP contribution in [0, 0.1) is 11.6 Å². The predicted molar refractivity (Wildman–Crippen MR) is 62.5 cm³/mol. The lowest BCUT2D eigenvalue weighted by Crippen LogP contribution is -2.10. The Labute approximate surface area is 107 Å². The summed E-state index contributed by atoms with van der Waals surface area (Å²) in [4.78, 5) is 18.8. The molecule has 0 fully saturated rings. The van der Waals surface area contributed by atoms with E-state index in [0.717, 1.165) is 12.1 Å². The zero-order valence-electron chi connectivity index (χ0n) is 9.75. The van der Waals surface area contributed by atoms with Gasteiger partial charge in [-0.15, -0.1) is 0 Å². The molecule has 1 N–H and O–H groups in total. The van der Waals surface area contributed by atoms with Crippen LogP contribution in [0.15, 0.2) is 36.8 Å². The lowest BCUT2D eigenvalue weighted by molar-refractivity contribution is -0.137.